The van der Waals surface area contributed by atoms with Gasteiger partial charge in [0.15, 0.2) is 0 Å². The van der Waals surface area contributed by atoms with Crippen molar-refractivity contribution in [2.75, 3.05) is 13.6 Å². The van der Waals surface area contributed by atoms with Gasteiger partial charge in [0.25, 0.3) is 5.56 Å². The molecule has 1 aliphatic heterocycles. The van der Waals surface area contributed by atoms with Crippen LogP contribution in [0.15, 0.2) is 23.0 Å². The van der Waals surface area contributed by atoms with Gasteiger partial charge in [-0.15, -0.1) is 0 Å². The Morgan fingerprint density at radius 3 is 2.82 bits per heavy atom. The molecule has 0 bridgehead atoms. The van der Waals surface area contributed by atoms with Crippen LogP contribution >= 0.6 is 0 Å². The molecule has 2 N–H and O–H groups in total. The lowest BCUT2D eigenvalue weighted by atomic mass is 9.85. The van der Waals surface area contributed by atoms with Gasteiger partial charge in [0.05, 0.1) is 17.4 Å². The van der Waals surface area contributed by atoms with Crippen molar-refractivity contribution in [1.82, 2.24) is 4.98 Å². The highest BCUT2D eigenvalue weighted by molar-refractivity contribution is 5.68. The Balaban J connectivity index is 2.32. The van der Waals surface area contributed by atoms with Gasteiger partial charge in [-0.1, -0.05) is 31.9 Å². The molecule has 4 nitrogen and oxygen atoms in total. The molecule has 1 aliphatic rings. The van der Waals surface area contributed by atoms with E-state index >= 15 is 0 Å². The number of pyridine rings is 1. The maximum atomic E-state index is 12.5. The first-order valence-electron chi connectivity index (χ1n) is 8.09. The predicted molar refractivity (Wildman–Crippen MR) is 90.1 cm³/mol. The van der Waals surface area contributed by atoms with E-state index in [-0.39, 0.29) is 23.1 Å². The van der Waals surface area contributed by atoms with E-state index in [2.05, 4.69) is 23.1 Å². The van der Waals surface area contributed by atoms with Crippen molar-refractivity contribution in [1.29, 1.82) is 0 Å². The van der Waals surface area contributed by atoms with Gasteiger partial charge < -0.3 is 10.1 Å². The van der Waals surface area contributed by atoms with E-state index in [1.54, 1.807) is 6.07 Å². The fourth-order valence-corrected chi connectivity index (χ4v) is 3.23. The van der Waals surface area contributed by atoms with E-state index in [0.717, 1.165) is 43.5 Å². The van der Waals surface area contributed by atoms with Gasteiger partial charge >= 0.3 is 0 Å². The van der Waals surface area contributed by atoms with Crippen LogP contribution < -0.4 is 5.56 Å². The molecule has 2 unspecified atom stereocenters. The highest BCUT2D eigenvalue weighted by atomic mass is 16.3. The molecule has 120 valence electrons. The molecule has 0 fully saturated rings. The second kappa shape index (κ2) is 6.95. The molecule has 0 aromatic carbocycles. The van der Waals surface area contributed by atoms with Crippen LogP contribution in [0.2, 0.25) is 0 Å². The number of rotatable bonds is 6. The van der Waals surface area contributed by atoms with Crippen molar-refractivity contribution in [2.45, 2.75) is 45.4 Å². The molecule has 2 heterocycles. The predicted octanol–water partition coefficient (Wildman–Crippen LogP) is 2.82. The topological polar surface area (TPSA) is 56.1 Å². The lowest BCUT2D eigenvalue weighted by molar-refractivity contribution is -0.488. The Morgan fingerprint density at radius 2 is 2.23 bits per heavy atom. The summed E-state index contributed by atoms with van der Waals surface area (Å²) in [5.41, 5.74) is 2.15. The second-order valence-electron chi connectivity index (χ2n) is 6.45. The monoisotopic (exact) mass is 303 g/mol. The molecule has 1 aromatic heterocycles. The third-order valence-corrected chi connectivity index (χ3v) is 4.45. The number of aryl methyl sites for hydroxylation is 1. The highest BCUT2D eigenvalue weighted by Crippen LogP contribution is 2.34. The average Bonchev–Trinajstić information content (AvgIpc) is 2.80. The van der Waals surface area contributed by atoms with Crippen LogP contribution in [0.1, 0.15) is 50.3 Å². The number of hydrogen-bond donors (Lipinski definition) is 2. The Labute approximate surface area is 132 Å². The molecule has 0 aliphatic carbocycles. The van der Waals surface area contributed by atoms with Gasteiger partial charge in [-0.2, -0.15) is 0 Å². The molecule has 2 rings (SSSR count). The van der Waals surface area contributed by atoms with Gasteiger partial charge in [0.2, 0.25) is 0 Å². The summed E-state index contributed by atoms with van der Waals surface area (Å²) in [4.78, 5) is 15.4. The fourth-order valence-electron chi connectivity index (χ4n) is 3.23. The summed E-state index contributed by atoms with van der Waals surface area (Å²) >= 11 is 0. The first-order chi connectivity index (χ1) is 10.4. The van der Waals surface area contributed by atoms with Crippen molar-refractivity contribution in [3.05, 3.63) is 39.8 Å². The molecule has 2 atom stereocenters. The highest BCUT2D eigenvalue weighted by Gasteiger charge is 2.37. The van der Waals surface area contributed by atoms with E-state index in [4.69, 9.17) is 0 Å². The Kier molecular flexibility index (Phi) is 5.22. The van der Waals surface area contributed by atoms with Crippen LogP contribution in [0.4, 0.5) is 0 Å². The summed E-state index contributed by atoms with van der Waals surface area (Å²) in [5.74, 6) is 0.178. The van der Waals surface area contributed by atoms with Crippen molar-refractivity contribution in [2.24, 2.45) is 5.92 Å². The quantitative estimate of drug-likeness (QED) is 0.482. The van der Waals surface area contributed by atoms with E-state index in [1.165, 1.54) is 0 Å². The van der Waals surface area contributed by atoms with E-state index in [9.17, 15) is 9.90 Å². The molecule has 4 heteroatoms. The van der Waals surface area contributed by atoms with Crippen LogP contribution in [0.25, 0.3) is 0 Å². The van der Waals surface area contributed by atoms with Gasteiger partial charge in [0.1, 0.15) is 25.6 Å². The molecule has 0 amide bonds. The van der Waals surface area contributed by atoms with E-state index in [0.29, 0.717) is 5.56 Å². The number of aromatic nitrogens is 1. The fraction of sp³-hybridized carbons (Fsp3) is 0.556. The van der Waals surface area contributed by atoms with Crippen LogP contribution in [0, 0.1) is 5.92 Å². The van der Waals surface area contributed by atoms with E-state index in [1.807, 2.05) is 20.2 Å². The zero-order valence-electron chi connectivity index (χ0n) is 13.9. The first kappa shape index (κ1) is 16.5. The Bertz CT molecular complexity index is 643. The molecule has 22 heavy (non-hydrogen) atoms. The number of aromatic hydroxyl groups is 1. The Morgan fingerprint density at radius 1 is 1.50 bits per heavy atom. The van der Waals surface area contributed by atoms with Crippen LogP contribution in [0.5, 0.6) is 5.75 Å². The molecule has 1 aromatic rings. The largest absolute Gasteiger partial charge is 0.507 e. The van der Waals surface area contributed by atoms with E-state index < -0.39 is 0 Å². The van der Waals surface area contributed by atoms with Crippen molar-refractivity contribution in [3.63, 3.8) is 0 Å². The minimum Gasteiger partial charge on any atom is -0.507 e. The van der Waals surface area contributed by atoms with Gasteiger partial charge in [-0.05, 0) is 25.8 Å². The maximum Gasteiger partial charge on any atom is 0.255 e. The summed E-state index contributed by atoms with van der Waals surface area (Å²) < 4.78 is 2.07. The number of nitrogens with zero attached hydrogens (tertiary/aromatic N) is 1. The SMILES string of the molecule is C=C(C)C1C[N+](C)=CC1c1c(O)cc(CCCCC)[nH]c1=O. The minimum atomic E-state index is -0.172. The summed E-state index contributed by atoms with van der Waals surface area (Å²) in [6.07, 6.45) is 6.11. The van der Waals surface area contributed by atoms with Gasteiger partial charge in [0, 0.05) is 5.69 Å². The molecular weight excluding hydrogens is 276 g/mol. The zero-order valence-corrected chi connectivity index (χ0v) is 13.9. The third-order valence-electron chi connectivity index (χ3n) is 4.45. The summed E-state index contributed by atoms with van der Waals surface area (Å²) in [6, 6.07) is 1.72. The van der Waals surface area contributed by atoms with Crippen molar-refractivity contribution >= 4 is 6.21 Å². The Hall–Kier alpha value is -1.84. The number of nitrogens with one attached hydrogen (secondary N) is 1. The average molecular weight is 303 g/mol. The smallest absolute Gasteiger partial charge is 0.255 e. The van der Waals surface area contributed by atoms with Crippen molar-refractivity contribution in [3.8, 4) is 5.75 Å². The zero-order chi connectivity index (χ0) is 16.3. The lowest BCUT2D eigenvalue weighted by Crippen LogP contribution is -2.23. The van der Waals surface area contributed by atoms with Gasteiger partial charge in [-0.25, -0.2) is 4.58 Å². The van der Waals surface area contributed by atoms with Gasteiger partial charge in [-0.3, -0.25) is 4.79 Å². The number of hydrogen-bond acceptors (Lipinski definition) is 2. The molecular formula is C18H27N2O2+. The maximum absolute atomic E-state index is 12.5. The molecule has 0 radical (unpaired) electrons. The summed E-state index contributed by atoms with van der Waals surface area (Å²) in [6.45, 7) is 8.99. The minimum absolute atomic E-state index is 0.101. The number of unbranched alkanes of at least 4 members (excludes halogenated alkanes) is 2. The number of aromatic amines is 1. The number of H-pyrrole nitrogens is 1. The second-order valence-corrected chi connectivity index (χ2v) is 6.45. The molecule has 0 saturated heterocycles. The first-order valence-corrected chi connectivity index (χ1v) is 8.09. The molecule has 0 spiro atoms. The van der Waals surface area contributed by atoms with Crippen LogP contribution in [-0.4, -0.2) is 34.5 Å². The van der Waals surface area contributed by atoms with Crippen molar-refractivity contribution < 1.29 is 9.68 Å². The molecule has 0 saturated carbocycles. The third kappa shape index (κ3) is 3.49. The summed E-state index contributed by atoms with van der Waals surface area (Å²) in [5, 5.41) is 10.4. The lowest BCUT2D eigenvalue weighted by Gasteiger charge is -2.16. The summed E-state index contributed by atoms with van der Waals surface area (Å²) in [7, 11) is 1.99. The normalized spacial score (nSPS) is 21.0. The van der Waals surface area contributed by atoms with Crippen LogP contribution in [-0.2, 0) is 6.42 Å². The standard InChI is InChI=1S/C18H26N2O2/c1-5-6-7-8-13-9-16(21)17(18(22)19-13)15-11-20(4)10-14(15)12(2)3/h9,11,14-15H,2,5-8,10H2,1,3-4H3,(H-,19,21,22)/p+1. The van der Waals surface area contributed by atoms with Crippen LogP contribution in [0.3, 0.4) is 0 Å².